The highest BCUT2D eigenvalue weighted by molar-refractivity contribution is 5.34. The maximum absolute atomic E-state index is 9.90. The van der Waals surface area contributed by atoms with Crippen molar-refractivity contribution in [3.05, 3.63) is 34.9 Å². The molecule has 84 valence electrons. The van der Waals surface area contributed by atoms with Crippen LogP contribution in [0.25, 0.3) is 0 Å². The fourth-order valence-electron chi connectivity index (χ4n) is 1.80. The number of hydrogen-bond donors (Lipinski definition) is 2. The maximum Gasteiger partial charge on any atom is 0.0731 e. The monoisotopic (exact) mass is 207 g/mol. The van der Waals surface area contributed by atoms with Crippen molar-refractivity contribution in [3.63, 3.8) is 0 Å². The Morgan fingerprint density at radius 3 is 2.27 bits per heavy atom. The average Bonchev–Trinajstić information content (AvgIpc) is 2.22. The third kappa shape index (κ3) is 3.05. The van der Waals surface area contributed by atoms with E-state index in [1.807, 2.05) is 13.0 Å². The molecule has 15 heavy (non-hydrogen) atoms. The molecule has 0 aliphatic rings. The molecule has 2 heteroatoms. The van der Waals surface area contributed by atoms with Gasteiger partial charge in [-0.05, 0) is 37.0 Å². The van der Waals surface area contributed by atoms with Crippen LogP contribution in [0.3, 0.4) is 0 Å². The average molecular weight is 207 g/mol. The number of rotatable bonds is 4. The van der Waals surface area contributed by atoms with E-state index in [0.717, 1.165) is 6.42 Å². The van der Waals surface area contributed by atoms with Crippen LogP contribution >= 0.6 is 0 Å². The zero-order valence-corrected chi connectivity index (χ0v) is 9.83. The highest BCUT2D eigenvalue weighted by Crippen LogP contribution is 2.16. The van der Waals surface area contributed by atoms with Gasteiger partial charge >= 0.3 is 0 Å². The van der Waals surface area contributed by atoms with E-state index in [2.05, 4.69) is 26.0 Å². The molecular formula is C13H21NO. The number of hydrogen-bond acceptors (Lipinski definition) is 2. The lowest BCUT2D eigenvalue weighted by molar-refractivity contribution is 0.142. The minimum atomic E-state index is -0.435. The largest absolute Gasteiger partial charge is 0.391 e. The molecule has 1 aromatic carbocycles. The number of benzene rings is 1. The van der Waals surface area contributed by atoms with Gasteiger partial charge in [-0.3, -0.25) is 0 Å². The van der Waals surface area contributed by atoms with Crippen LogP contribution in [0.4, 0.5) is 0 Å². The molecule has 2 atom stereocenters. The number of aliphatic hydroxyl groups is 1. The third-order valence-corrected chi connectivity index (χ3v) is 3.02. The fraction of sp³-hybridized carbons (Fsp3) is 0.538. The van der Waals surface area contributed by atoms with Gasteiger partial charge in [0.1, 0.15) is 0 Å². The van der Waals surface area contributed by atoms with E-state index in [1.165, 1.54) is 16.7 Å². The summed E-state index contributed by atoms with van der Waals surface area (Å²) < 4.78 is 0. The molecule has 2 nitrogen and oxygen atoms in total. The molecule has 0 spiro atoms. The van der Waals surface area contributed by atoms with E-state index in [9.17, 15) is 5.11 Å². The number of aryl methyl sites for hydroxylation is 2. The van der Waals surface area contributed by atoms with Gasteiger partial charge in [0.25, 0.3) is 0 Å². The Morgan fingerprint density at radius 2 is 1.80 bits per heavy atom. The SMILES string of the molecule is CCC(N)C(O)Cc1c(C)cccc1C. The van der Waals surface area contributed by atoms with Crippen LogP contribution < -0.4 is 5.73 Å². The highest BCUT2D eigenvalue weighted by Gasteiger charge is 2.15. The van der Waals surface area contributed by atoms with Crippen molar-refractivity contribution >= 4 is 0 Å². The van der Waals surface area contributed by atoms with Crippen molar-refractivity contribution < 1.29 is 5.11 Å². The predicted octanol–water partition coefficient (Wildman–Crippen LogP) is 1.94. The molecular weight excluding hydrogens is 186 g/mol. The Hall–Kier alpha value is -0.860. The molecule has 1 rings (SSSR count). The summed E-state index contributed by atoms with van der Waals surface area (Å²) in [5.74, 6) is 0. The summed E-state index contributed by atoms with van der Waals surface area (Å²) in [4.78, 5) is 0. The predicted molar refractivity (Wildman–Crippen MR) is 63.9 cm³/mol. The van der Waals surface area contributed by atoms with Gasteiger partial charge in [-0.2, -0.15) is 0 Å². The van der Waals surface area contributed by atoms with Gasteiger partial charge in [0.05, 0.1) is 6.10 Å². The third-order valence-electron chi connectivity index (χ3n) is 3.02. The summed E-state index contributed by atoms with van der Waals surface area (Å²) in [6, 6.07) is 6.07. The summed E-state index contributed by atoms with van der Waals surface area (Å²) in [7, 11) is 0. The summed E-state index contributed by atoms with van der Waals surface area (Å²) in [5, 5.41) is 9.90. The first-order valence-corrected chi connectivity index (χ1v) is 5.55. The molecule has 0 radical (unpaired) electrons. The van der Waals surface area contributed by atoms with Gasteiger partial charge in [-0.1, -0.05) is 25.1 Å². The van der Waals surface area contributed by atoms with E-state index >= 15 is 0 Å². The smallest absolute Gasteiger partial charge is 0.0731 e. The van der Waals surface area contributed by atoms with Gasteiger partial charge in [-0.25, -0.2) is 0 Å². The molecule has 0 saturated heterocycles. The molecule has 0 amide bonds. The second-order valence-corrected chi connectivity index (χ2v) is 4.21. The van der Waals surface area contributed by atoms with Gasteiger partial charge < -0.3 is 10.8 Å². The van der Waals surface area contributed by atoms with Crippen molar-refractivity contribution in [2.45, 2.75) is 45.8 Å². The first-order chi connectivity index (χ1) is 7.06. The minimum Gasteiger partial charge on any atom is -0.391 e. The zero-order valence-electron chi connectivity index (χ0n) is 9.83. The lowest BCUT2D eigenvalue weighted by atomic mass is 9.94. The van der Waals surface area contributed by atoms with Crippen molar-refractivity contribution in [2.24, 2.45) is 5.73 Å². The zero-order chi connectivity index (χ0) is 11.4. The van der Waals surface area contributed by atoms with Crippen LogP contribution in [0.2, 0.25) is 0 Å². The Labute approximate surface area is 92.1 Å². The van der Waals surface area contributed by atoms with Crippen LogP contribution in [0, 0.1) is 13.8 Å². The molecule has 0 bridgehead atoms. The summed E-state index contributed by atoms with van der Waals surface area (Å²) in [6.45, 7) is 6.15. The van der Waals surface area contributed by atoms with Gasteiger partial charge in [0.2, 0.25) is 0 Å². The van der Waals surface area contributed by atoms with E-state index in [1.54, 1.807) is 0 Å². The summed E-state index contributed by atoms with van der Waals surface area (Å²) in [6.07, 6.45) is 1.04. The summed E-state index contributed by atoms with van der Waals surface area (Å²) in [5.41, 5.74) is 9.51. The molecule has 3 N–H and O–H groups in total. The Kier molecular flexibility index (Phi) is 4.30. The molecule has 2 unspecified atom stereocenters. The molecule has 0 saturated carbocycles. The number of aliphatic hydroxyl groups excluding tert-OH is 1. The fourth-order valence-corrected chi connectivity index (χ4v) is 1.80. The molecule has 0 aliphatic heterocycles. The van der Waals surface area contributed by atoms with Crippen LogP contribution in [0.5, 0.6) is 0 Å². The van der Waals surface area contributed by atoms with Crippen LogP contribution in [-0.2, 0) is 6.42 Å². The molecule has 1 aromatic rings. The second kappa shape index (κ2) is 5.29. The molecule has 0 heterocycles. The number of nitrogens with two attached hydrogens (primary N) is 1. The van der Waals surface area contributed by atoms with E-state index < -0.39 is 6.10 Å². The van der Waals surface area contributed by atoms with Gasteiger partial charge in [0.15, 0.2) is 0 Å². The van der Waals surface area contributed by atoms with E-state index in [4.69, 9.17) is 5.73 Å². The van der Waals surface area contributed by atoms with E-state index in [-0.39, 0.29) is 6.04 Å². The Bertz CT molecular complexity index is 302. The molecule has 0 fully saturated rings. The Balaban J connectivity index is 2.80. The topological polar surface area (TPSA) is 46.2 Å². The van der Waals surface area contributed by atoms with Gasteiger partial charge in [0, 0.05) is 12.5 Å². The van der Waals surface area contributed by atoms with Crippen molar-refractivity contribution in [3.8, 4) is 0 Å². The standard InChI is InChI=1S/C13H21NO/c1-4-12(14)13(15)8-11-9(2)6-5-7-10(11)3/h5-7,12-13,15H,4,8,14H2,1-3H3. The second-order valence-electron chi connectivity index (χ2n) is 4.21. The first kappa shape index (κ1) is 12.2. The lowest BCUT2D eigenvalue weighted by Gasteiger charge is -2.19. The maximum atomic E-state index is 9.90. The molecule has 0 aromatic heterocycles. The van der Waals surface area contributed by atoms with Crippen LogP contribution in [0.1, 0.15) is 30.0 Å². The first-order valence-electron chi connectivity index (χ1n) is 5.55. The molecule has 0 aliphatic carbocycles. The van der Waals surface area contributed by atoms with Crippen LogP contribution in [-0.4, -0.2) is 17.3 Å². The Morgan fingerprint density at radius 1 is 1.27 bits per heavy atom. The minimum absolute atomic E-state index is 0.121. The lowest BCUT2D eigenvalue weighted by Crippen LogP contribution is -2.35. The van der Waals surface area contributed by atoms with Gasteiger partial charge in [-0.15, -0.1) is 0 Å². The summed E-state index contributed by atoms with van der Waals surface area (Å²) >= 11 is 0. The quantitative estimate of drug-likeness (QED) is 0.792. The van der Waals surface area contributed by atoms with Crippen LogP contribution in [0.15, 0.2) is 18.2 Å². The van der Waals surface area contributed by atoms with Crippen molar-refractivity contribution in [1.29, 1.82) is 0 Å². The highest BCUT2D eigenvalue weighted by atomic mass is 16.3. The van der Waals surface area contributed by atoms with E-state index in [0.29, 0.717) is 6.42 Å². The normalized spacial score (nSPS) is 15.0. The van der Waals surface area contributed by atoms with Crippen molar-refractivity contribution in [2.75, 3.05) is 0 Å². The van der Waals surface area contributed by atoms with Crippen molar-refractivity contribution in [1.82, 2.24) is 0 Å².